The van der Waals surface area contributed by atoms with E-state index in [4.69, 9.17) is 5.73 Å². The maximum atomic E-state index is 11.8. The van der Waals surface area contributed by atoms with Crippen molar-refractivity contribution in [3.05, 3.63) is 0 Å². The molecule has 0 aliphatic carbocycles. The van der Waals surface area contributed by atoms with E-state index >= 15 is 0 Å². The average molecular weight is 169 g/mol. The van der Waals surface area contributed by atoms with Crippen molar-refractivity contribution in [2.24, 2.45) is 17.6 Å². The molecule has 0 aliphatic rings. The van der Waals surface area contributed by atoms with Crippen molar-refractivity contribution in [2.45, 2.75) is 26.4 Å². The van der Waals surface area contributed by atoms with Crippen molar-refractivity contribution in [2.75, 3.05) is 6.54 Å². The zero-order chi connectivity index (χ0) is 9.07. The molecule has 0 aromatic carbocycles. The van der Waals surface area contributed by atoms with Crippen molar-refractivity contribution < 1.29 is 13.2 Å². The molecule has 0 saturated carbocycles. The van der Waals surface area contributed by atoms with Crippen LogP contribution >= 0.6 is 0 Å². The van der Waals surface area contributed by atoms with Crippen LogP contribution in [-0.4, -0.2) is 12.7 Å². The van der Waals surface area contributed by atoms with Gasteiger partial charge in [0.2, 0.25) is 0 Å². The van der Waals surface area contributed by atoms with Crippen LogP contribution in [-0.2, 0) is 0 Å². The predicted molar refractivity (Wildman–Crippen MR) is 38.1 cm³/mol. The summed E-state index contributed by atoms with van der Waals surface area (Å²) in [4.78, 5) is 0. The van der Waals surface area contributed by atoms with Gasteiger partial charge in [-0.25, -0.2) is 0 Å². The molecule has 0 heterocycles. The minimum absolute atomic E-state index is 0.00150. The van der Waals surface area contributed by atoms with Crippen LogP contribution in [0.25, 0.3) is 0 Å². The minimum Gasteiger partial charge on any atom is -0.330 e. The molecule has 0 spiro atoms. The number of nitrogens with two attached hydrogens (primary N) is 1. The van der Waals surface area contributed by atoms with Gasteiger partial charge in [0, 0.05) is 6.42 Å². The van der Waals surface area contributed by atoms with Crippen LogP contribution < -0.4 is 5.73 Å². The maximum Gasteiger partial charge on any atom is 0.389 e. The molecular weight excluding hydrogens is 155 g/mol. The summed E-state index contributed by atoms with van der Waals surface area (Å²) in [6.45, 7) is 3.61. The van der Waals surface area contributed by atoms with Crippen molar-refractivity contribution in [1.82, 2.24) is 0 Å². The van der Waals surface area contributed by atoms with Gasteiger partial charge in [-0.3, -0.25) is 0 Å². The summed E-state index contributed by atoms with van der Waals surface area (Å²) >= 11 is 0. The summed E-state index contributed by atoms with van der Waals surface area (Å²) in [5, 5.41) is 0. The molecule has 68 valence electrons. The summed E-state index contributed by atoms with van der Waals surface area (Å²) in [7, 11) is 0. The second-order valence-corrected chi connectivity index (χ2v) is 3.06. The Morgan fingerprint density at radius 1 is 1.27 bits per heavy atom. The Kier molecular flexibility index (Phi) is 3.86. The Morgan fingerprint density at radius 3 is 1.82 bits per heavy atom. The summed E-state index contributed by atoms with van der Waals surface area (Å²) in [5.74, 6) is -0.434. The van der Waals surface area contributed by atoms with Gasteiger partial charge in [0.15, 0.2) is 0 Å². The zero-order valence-electron chi connectivity index (χ0n) is 6.78. The minimum atomic E-state index is -4.08. The topological polar surface area (TPSA) is 26.0 Å². The first-order valence-electron chi connectivity index (χ1n) is 3.63. The highest BCUT2D eigenvalue weighted by Crippen LogP contribution is 2.27. The molecule has 1 nitrogen and oxygen atoms in total. The lowest BCUT2D eigenvalue weighted by Crippen LogP contribution is -2.26. The van der Waals surface area contributed by atoms with E-state index in [1.165, 1.54) is 0 Å². The Balaban J connectivity index is 3.88. The van der Waals surface area contributed by atoms with Crippen LogP contribution in [0.5, 0.6) is 0 Å². The number of hydrogen-bond donors (Lipinski definition) is 1. The van der Waals surface area contributed by atoms with E-state index in [0.717, 1.165) is 0 Å². The maximum absolute atomic E-state index is 11.8. The lowest BCUT2D eigenvalue weighted by molar-refractivity contribution is -0.146. The van der Waals surface area contributed by atoms with Gasteiger partial charge >= 0.3 is 6.18 Å². The summed E-state index contributed by atoms with van der Waals surface area (Å²) in [6, 6.07) is 0. The van der Waals surface area contributed by atoms with Crippen LogP contribution in [0.2, 0.25) is 0 Å². The molecule has 0 bridgehead atoms. The van der Waals surface area contributed by atoms with Gasteiger partial charge in [-0.15, -0.1) is 0 Å². The molecule has 0 rings (SSSR count). The lowest BCUT2D eigenvalue weighted by atomic mass is 9.92. The Labute approximate surface area is 64.8 Å². The van der Waals surface area contributed by atoms with Crippen molar-refractivity contribution >= 4 is 0 Å². The van der Waals surface area contributed by atoms with E-state index in [-0.39, 0.29) is 12.5 Å². The second-order valence-electron chi connectivity index (χ2n) is 3.06. The van der Waals surface area contributed by atoms with Gasteiger partial charge in [0.1, 0.15) is 0 Å². The number of hydrogen-bond acceptors (Lipinski definition) is 1. The molecule has 0 aromatic rings. The molecule has 0 amide bonds. The summed E-state index contributed by atoms with van der Waals surface area (Å²) in [5.41, 5.74) is 5.18. The fourth-order valence-corrected chi connectivity index (χ4v) is 0.888. The normalized spacial score (nSPS) is 15.5. The van der Waals surface area contributed by atoms with Gasteiger partial charge in [-0.05, 0) is 18.4 Å². The molecule has 0 fully saturated rings. The molecule has 11 heavy (non-hydrogen) atoms. The SMILES string of the molecule is CC(C)[C@H](CN)CC(F)(F)F. The van der Waals surface area contributed by atoms with E-state index in [1.54, 1.807) is 13.8 Å². The standard InChI is InChI=1S/C7H14F3N/c1-5(2)6(4-11)3-7(8,9)10/h5-6H,3-4,11H2,1-2H3/t6-/m0/s1. The quantitative estimate of drug-likeness (QED) is 0.688. The third-order valence-electron chi connectivity index (χ3n) is 1.74. The average Bonchev–Trinajstić information content (AvgIpc) is 1.80. The molecule has 1 atom stereocenters. The monoisotopic (exact) mass is 169 g/mol. The number of halogens is 3. The molecule has 0 saturated heterocycles. The Bertz CT molecular complexity index is 109. The fourth-order valence-electron chi connectivity index (χ4n) is 0.888. The largest absolute Gasteiger partial charge is 0.389 e. The second kappa shape index (κ2) is 3.95. The number of alkyl halides is 3. The van der Waals surface area contributed by atoms with Gasteiger partial charge in [0.05, 0.1) is 0 Å². The molecular formula is C7H14F3N. The summed E-state index contributed by atoms with van der Waals surface area (Å²) in [6.07, 6.45) is -4.84. The number of rotatable bonds is 3. The van der Waals surface area contributed by atoms with Gasteiger partial charge in [-0.1, -0.05) is 13.8 Å². The first-order chi connectivity index (χ1) is 4.87. The van der Waals surface area contributed by atoms with Crippen LogP contribution in [0.3, 0.4) is 0 Å². The van der Waals surface area contributed by atoms with Gasteiger partial charge in [-0.2, -0.15) is 13.2 Å². The molecule has 0 unspecified atom stereocenters. The first-order valence-corrected chi connectivity index (χ1v) is 3.63. The zero-order valence-corrected chi connectivity index (χ0v) is 6.78. The van der Waals surface area contributed by atoms with Crippen LogP contribution in [0.4, 0.5) is 13.2 Å². The third-order valence-corrected chi connectivity index (χ3v) is 1.74. The Morgan fingerprint density at radius 2 is 1.73 bits per heavy atom. The van der Waals surface area contributed by atoms with Crippen LogP contribution in [0.15, 0.2) is 0 Å². The predicted octanol–water partition coefficient (Wildman–Crippen LogP) is 2.17. The smallest absolute Gasteiger partial charge is 0.330 e. The van der Waals surface area contributed by atoms with Crippen LogP contribution in [0.1, 0.15) is 20.3 Å². The third kappa shape index (κ3) is 5.07. The van der Waals surface area contributed by atoms with E-state index < -0.39 is 18.5 Å². The van der Waals surface area contributed by atoms with Crippen molar-refractivity contribution in [3.63, 3.8) is 0 Å². The molecule has 0 aromatic heterocycles. The van der Waals surface area contributed by atoms with E-state index in [2.05, 4.69) is 0 Å². The van der Waals surface area contributed by atoms with E-state index in [9.17, 15) is 13.2 Å². The fraction of sp³-hybridized carbons (Fsp3) is 1.00. The summed E-state index contributed by atoms with van der Waals surface area (Å²) < 4.78 is 35.4. The molecule has 2 N–H and O–H groups in total. The van der Waals surface area contributed by atoms with E-state index in [1.807, 2.05) is 0 Å². The highest BCUT2D eigenvalue weighted by Gasteiger charge is 2.32. The Hall–Kier alpha value is -0.250. The van der Waals surface area contributed by atoms with Crippen LogP contribution in [0, 0.1) is 11.8 Å². The van der Waals surface area contributed by atoms with E-state index in [0.29, 0.717) is 0 Å². The highest BCUT2D eigenvalue weighted by molar-refractivity contribution is 4.67. The van der Waals surface area contributed by atoms with Crippen molar-refractivity contribution in [3.8, 4) is 0 Å². The van der Waals surface area contributed by atoms with Gasteiger partial charge in [0.25, 0.3) is 0 Å². The molecule has 0 radical (unpaired) electrons. The molecule has 0 aliphatic heterocycles. The lowest BCUT2D eigenvalue weighted by Gasteiger charge is -2.19. The highest BCUT2D eigenvalue weighted by atomic mass is 19.4. The van der Waals surface area contributed by atoms with Crippen molar-refractivity contribution in [1.29, 1.82) is 0 Å². The van der Waals surface area contributed by atoms with Gasteiger partial charge < -0.3 is 5.73 Å². The molecule has 4 heteroatoms. The first kappa shape index (κ1) is 10.8.